The summed E-state index contributed by atoms with van der Waals surface area (Å²) in [4.78, 5) is 2.30. The summed E-state index contributed by atoms with van der Waals surface area (Å²) in [6.07, 6.45) is 11.8. The third-order valence-corrected chi connectivity index (χ3v) is 3.36. The zero-order valence-corrected chi connectivity index (χ0v) is 10.5. The molecular formula is C16H18FN. The molecular weight excluding hydrogens is 225 g/mol. The zero-order valence-electron chi connectivity index (χ0n) is 10.5. The second-order valence-electron chi connectivity index (χ2n) is 4.73. The molecule has 2 heteroatoms. The van der Waals surface area contributed by atoms with E-state index in [1.165, 1.54) is 6.07 Å². The summed E-state index contributed by atoms with van der Waals surface area (Å²) in [6.45, 7) is 2.87. The van der Waals surface area contributed by atoms with Gasteiger partial charge in [-0.15, -0.1) is 6.42 Å². The highest BCUT2D eigenvalue weighted by Gasteiger charge is 2.15. The maximum atomic E-state index is 13.0. The fraction of sp³-hybridized carbons (Fsp3) is 0.375. The Morgan fingerprint density at radius 3 is 2.83 bits per heavy atom. The van der Waals surface area contributed by atoms with Gasteiger partial charge in [-0.2, -0.15) is 0 Å². The van der Waals surface area contributed by atoms with Crippen molar-refractivity contribution in [2.45, 2.75) is 12.8 Å². The Morgan fingerprint density at radius 2 is 2.17 bits per heavy atom. The average Bonchev–Trinajstić information content (AvgIpc) is 2.38. The molecule has 0 atom stereocenters. The molecule has 1 aromatic rings. The van der Waals surface area contributed by atoms with Gasteiger partial charge in [0.05, 0.1) is 6.54 Å². The van der Waals surface area contributed by atoms with Crippen LogP contribution in [0.2, 0.25) is 0 Å². The van der Waals surface area contributed by atoms with E-state index in [1.54, 1.807) is 12.1 Å². The number of nitrogens with zero attached hydrogens (tertiary/aromatic N) is 1. The number of rotatable bonds is 3. The summed E-state index contributed by atoms with van der Waals surface area (Å²) in [5.74, 6) is 3.09. The average molecular weight is 243 g/mol. The Balaban J connectivity index is 1.86. The molecule has 1 saturated heterocycles. The van der Waals surface area contributed by atoms with Gasteiger partial charge < -0.3 is 0 Å². The van der Waals surface area contributed by atoms with Crippen LogP contribution in [0.3, 0.4) is 0 Å². The van der Waals surface area contributed by atoms with E-state index in [0.717, 1.165) is 38.0 Å². The number of benzene rings is 1. The molecule has 18 heavy (non-hydrogen) atoms. The van der Waals surface area contributed by atoms with Gasteiger partial charge >= 0.3 is 0 Å². The van der Waals surface area contributed by atoms with Crippen LogP contribution in [0.15, 0.2) is 30.3 Å². The molecule has 0 aliphatic carbocycles. The molecule has 0 spiro atoms. The van der Waals surface area contributed by atoms with Gasteiger partial charge in [-0.1, -0.05) is 30.2 Å². The van der Waals surface area contributed by atoms with Crippen LogP contribution < -0.4 is 0 Å². The van der Waals surface area contributed by atoms with Crippen molar-refractivity contribution >= 4 is 6.08 Å². The molecule has 94 valence electrons. The Labute approximate surface area is 108 Å². The van der Waals surface area contributed by atoms with Gasteiger partial charge in [0, 0.05) is 0 Å². The normalized spacial score (nSPS) is 18.0. The SMILES string of the molecule is C#CCN1CCC(/C=C/c2cccc(F)c2)CC1. The monoisotopic (exact) mass is 243 g/mol. The van der Waals surface area contributed by atoms with E-state index in [1.807, 2.05) is 12.1 Å². The van der Waals surface area contributed by atoms with E-state index in [4.69, 9.17) is 6.42 Å². The van der Waals surface area contributed by atoms with Crippen molar-refractivity contribution in [1.29, 1.82) is 0 Å². The fourth-order valence-corrected chi connectivity index (χ4v) is 2.29. The summed E-state index contributed by atoms with van der Waals surface area (Å²) in [5.41, 5.74) is 0.932. The van der Waals surface area contributed by atoms with Crippen molar-refractivity contribution in [1.82, 2.24) is 4.90 Å². The number of allylic oxidation sites excluding steroid dienone is 1. The van der Waals surface area contributed by atoms with E-state index in [9.17, 15) is 4.39 Å². The molecule has 0 N–H and O–H groups in total. The highest BCUT2D eigenvalue weighted by atomic mass is 19.1. The molecule has 2 rings (SSSR count). The molecule has 0 aromatic heterocycles. The third-order valence-electron chi connectivity index (χ3n) is 3.36. The smallest absolute Gasteiger partial charge is 0.123 e. The Kier molecular flexibility index (Phi) is 4.55. The van der Waals surface area contributed by atoms with Crippen LogP contribution in [0.5, 0.6) is 0 Å². The van der Waals surface area contributed by atoms with Crippen molar-refractivity contribution in [2.75, 3.05) is 19.6 Å². The van der Waals surface area contributed by atoms with Gasteiger partial charge in [0.2, 0.25) is 0 Å². The lowest BCUT2D eigenvalue weighted by Crippen LogP contribution is -2.33. The van der Waals surface area contributed by atoms with E-state index >= 15 is 0 Å². The zero-order chi connectivity index (χ0) is 12.8. The van der Waals surface area contributed by atoms with Crippen molar-refractivity contribution in [2.24, 2.45) is 5.92 Å². The van der Waals surface area contributed by atoms with Crippen LogP contribution >= 0.6 is 0 Å². The van der Waals surface area contributed by atoms with E-state index < -0.39 is 0 Å². The predicted molar refractivity (Wildman–Crippen MR) is 73.4 cm³/mol. The van der Waals surface area contributed by atoms with Crippen LogP contribution in [0.25, 0.3) is 6.08 Å². The number of terminal acetylenes is 1. The van der Waals surface area contributed by atoms with Crippen molar-refractivity contribution in [3.8, 4) is 12.3 Å². The summed E-state index contributed by atoms with van der Waals surface area (Å²) < 4.78 is 13.0. The first-order chi connectivity index (χ1) is 8.78. The van der Waals surface area contributed by atoms with E-state index in [-0.39, 0.29) is 5.82 Å². The molecule has 1 fully saturated rings. The first-order valence-electron chi connectivity index (χ1n) is 6.37. The second-order valence-corrected chi connectivity index (χ2v) is 4.73. The molecule has 1 heterocycles. The number of hydrogen-bond acceptors (Lipinski definition) is 1. The maximum absolute atomic E-state index is 13.0. The highest BCUT2D eigenvalue weighted by Crippen LogP contribution is 2.19. The van der Waals surface area contributed by atoms with Gasteiger partial charge in [0.25, 0.3) is 0 Å². The first-order valence-corrected chi connectivity index (χ1v) is 6.37. The molecule has 1 aliphatic rings. The molecule has 1 aliphatic heterocycles. The van der Waals surface area contributed by atoms with Gasteiger partial charge in [0.1, 0.15) is 5.82 Å². The van der Waals surface area contributed by atoms with Crippen molar-refractivity contribution in [3.05, 3.63) is 41.7 Å². The molecule has 0 amide bonds. The fourth-order valence-electron chi connectivity index (χ4n) is 2.29. The van der Waals surface area contributed by atoms with Crippen molar-refractivity contribution in [3.63, 3.8) is 0 Å². The second kappa shape index (κ2) is 6.37. The Morgan fingerprint density at radius 1 is 1.39 bits per heavy atom. The summed E-state index contributed by atoms with van der Waals surface area (Å²) in [6, 6.07) is 6.69. The number of piperidine rings is 1. The number of likely N-dealkylation sites (tertiary alicyclic amines) is 1. The van der Waals surface area contributed by atoms with Crippen LogP contribution in [0, 0.1) is 24.1 Å². The summed E-state index contributed by atoms with van der Waals surface area (Å²) in [5, 5.41) is 0. The lowest BCUT2D eigenvalue weighted by atomic mass is 9.95. The predicted octanol–water partition coefficient (Wildman–Crippen LogP) is 3.18. The standard InChI is InChI=1S/C16H18FN/c1-2-10-18-11-8-14(9-12-18)6-7-15-4-3-5-16(17)13-15/h1,3-7,13-14H,8-12H2/b7-6+. The van der Waals surface area contributed by atoms with Gasteiger partial charge in [-0.3, -0.25) is 4.90 Å². The topological polar surface area (TPSA) is 3.24 Å². The van der Waals surface area contributed by atoms with Gasteiger partial charge in [0.15, 0.2) is 0 Å². The minimum absolute atomic E-state index is 0.180. The number of hydrogen-bond donors (Lipinski definition) is 0. The first kappa shape index (κ1) is 12.9. The van der Waals surface area contributed by atoms with Crippen molar-refractivity contribution < 1.29 is 4.39 Å². The molecule has 0 saturated carbocycles. The minimum atomic E-state index is -0.180. The van der Waals surface area contributed by atoms with Gasteiger partial charge in [-0.25, -0.2) is 4.39 Å². The largest absolute Gasteiger partial charge is 0.292 e. The molecule has 0 radical (unpaired) electrons. The van der Waals surface area contributed by atoms with Gasteiger partial charge in [-0.05, 0) is 49.5 Å². The Bertz CT molecular complexity index is 450. The molecule has 1 aromatic carbocycles. The van der Waals surface area contributed by atoms with Crippen LogP contribution in [-0.2, 0) is 0 Å². The molecule has 1 nitrogen and oxygen atoms in total. The van der Waals surface area contributed by atoms with Crippen LogP contribution in [0.1, 0.15) is 18.4 Å². The number of halogens is 1. The third kappa shape index (κ3) is 3.72. The van der Waals surface area contributed by atoms with E-state index in [0.29, 0.717) is 5.92 Å². The lowest BCUT2D eigenvalue weighted by molar-refractivity contribution is 0.226. The molecule has 0 unspecified atom stereocenters. The van der Waals surface area contributed by atoms with Crippen LogP contribution in [0.4, 0.5) is 4.39 Å². The lowest BCUT2D eigenvalue weighted by Gasteiger charge is -2.28. The van der Waals surface area contributed by atoms with Crippen LogP contribution in [-0.4, -0.2) is 24.5 Å². The maximum Gasteiger partial charge on any atom is 0.123 e. The quantitative estimate of drug-likeness (QED) is 0.737. The highest BCUT2D eigenvalue weighted by molar-refractivity contribution is 5.49. The van der Waals surface area contributed by atoms with E-state index in [2.05, 4.69) is 16.9 Å². The molecule has 0 bridgehead atoms. The summed E-state index contributed by atoms with van der Waals surface area (Å²) in [7, 11) is 0. The minimum Gasteiger partial charge on any atom is -0.292 e. The Hall–Kier alpha value is -1.59. The summed E-state index contributed by atoms with van der Waals surface area (Å²) >= 11 is 0.